The molecule has 0 radical (unpaired) electrons. The van der Waals surface area contributed by atoms with Crippen LogP contribution in [0, 0.1) is 13.8 Å². The van der Waals surface area contributed by atoms with E-state index < -0.39 is 5.97 Å². The van der Waals surface area contributed by atoms with Crippen molar-refractivity contribution in [2.24, 2.45) is 0 Å². The Morgan fingerprint density at radius 3 is 2.59 bits per heavy atom. The fraction of sp³-hybridized carbons (Fsp3) is 0.400. The molecule has 1 heterocycles. The number of aromatic nitrogens is 3. The second-order valence-electron chi connectivity index (χ2n) is 5.00. The number of aromatic carboxylic acids is 1. The second kappa shape index (κ2) is 7.04. The molecule has 0 aliphatic carbocycles. The molecule has 1 aromatic heterocycles. The first-order valence-corrected chi connectivity index (χ1v) is 7.00. The largest absolute Gasteiger partial charge is 0.487 e. The van der Waals surface area contributed by atoms with E-state index in [1.54, 1.807) is 0 Å². The Bertz CT molecular complexity index is 647. The van der Waals surface area contributed by atoms with Crippen molar-refractivity contribution in [3.05, 3.63) is 40.7 Å². The molecule has 0 saturated carbocycles. The monoisotopic (exact) mass is 305 g/mol. The lowest BCUT2D eigenvalue weighted by atomic mass is 10.1. The van der Waals surface area contributed by atoms with Gasteiger partial charge in [0.1, 0.15) is 18.1 Å². The predicted molar refractivity (Wildman–Crippen MR) is 78.9 cm³/mol. The minimum Gasteiger partial charge on any atom is -0.487 e. The highest BCUT2D eigenvalue weighted by Gasteiger charge is 2.20. The zero-order valence-corrected chi connectivity index (χ0v) is 12.6. The van der Waals surface area contributed by atoms with Gasteiger partial charge in [0.25, 0.3) is 0 Å². The topological polar surface area (TPSA) is 97.5 Å². The molecular weight excluding hydrogens is 286 g/mol. The summed E-state index contributed by atoms with van der Waals surface area (Å²) < 4.78 is 7.26. The van der Waals surface area contributed by atoms with Crippen molar-refractivity contribution in [2.45, 2.75) is 33.4 Å². The van der Waals surface area contributed by atoms with Gasteiger partial charge in [-0.3, -0.25) is 0 Å². The standard InChI is InChI=1S/C15H19N3O4/c1-10-5-3-6-11(2)14(10)22-9-12-13(15(20)21)16-17-18(12)7-4-8-19/h3,5-6,19H,4,7-9H2,1-2H3,(H,20,21). The lowest BCUT2D eigenvalue weighted by molar-refractivity contribution is 0.0687. The number of benzene rings is 1. The quantitative estimate of drug-likeness (QED) is 0.805. The molecule has 0 bridgehead atoms. The molecule has 0 saturated heterocycles. The average molecular weight is 305 g/mol. The first kappa shape index (κ1) is 16.0. The van der Waals surface area contributed by atoms with Gasteiger partial charge in [0.15, 0.2) is 5.69 Å². The Morgan fingerprint density at radius 2 is 2.00 bits per heavy atom. The van der Waals surface area contributed by atoms with Crippen molar-refractivity contribution in [2.75, 3.05) is 6.61 Å². The maximum absolute atomic E-state index is 11.2. The molecule has 0 atom stereocenters. The molecule has 2 aromatic rings. The first-order chi connectivity index (χ1) is 10.5. The summed E-state index contributed by atoms with van der Waals surface area (Å²) in [6.45, 7) is 4.32. The van der Waals surface area contributed by atoms with Gasteiger partial charge >= 0.3 is 5.97 Å². The molecule has 7 heteroatoms. The lowest BCUT2D eigenvalue weighted by Crippen LogP contribution is -2.12. The summed E-state index contributed by atoms with van der Waals surface area (Å²) in [4.78, 5) is 11.2. The lowest BCUT2D eigenvalue weighted by Gasteiger charge is -2.13. The van der Waals surface area contributed by atoms with Crippen molar-refractivity contribution in [3.8, 4) is 5.75 Å². The summed E-state index contributed by atoms with van der Waals surface area (Å²) >= 11 is 0. The van der Waals surface area contributed by atoms with Gasteiger partial charge in [-0.25, -0.2) is 9.48 Å². The van der Waals surface area contributed by atoms with Gasteiger partial charge in [-0.1, -0.05) is 23.4 Å². The third kappa shape index (κ3) is 3.43. The third-order valence-electron chi connectivity index (χ3n) is 3.33. The smallest absolute Gasteiger partial charge is 0.358 e. The van der Waals surface area contributed by atoms with Gasteiger partial charge < -0.3 is 14.9 Å². The molecule has 0 aliphatic rings. The van der Waals surface area contributed by atoms with E-state index in [2.05, 4.69) is 10.3 Å². The van der Waals surface area contributed by atoms with E-state index in [4.69, 9.17) is 9.84 Å². The van der Waals surface area contributed by atoms with Gasteiger partial charge in [0.2, 0.25) is 0 Å². The highest BCUT2D eigenvalue weighted by atomic mass is 16.5. The first-order valence-electron chi connectivity index (χ1n) is 7.00. The van der Waals surface area contributed by atoms with Gasteiger partial charge in [-0.2, -0.15) is 0 Å². The number of para-hydroxylation sites is 1. The molecule has 0 aliphatic heterocycles. The van der Waals surface area contributed by atoms with Gasteiger partial charge in [-0.15, -0.1) is 5.10 Å². The number of aliphatic hydroxyl groups excluding tert-OH is 1. The molecule has 2 N–H and O–H groups in total. The number of hydrogen-bond acceptors (Lipinski definition) is 5. The number of ether oxygens (including phenoxy) is 1. The number of carboxylic acids is 1. The van der Waals surface area contributed by atoms with Gasteiger partial charge in [0.05, 0.1) is 0 Å². The fourth-order valence-corrected chi connectivity index (χ4v) is 2.21. The summed E-state index contributed by atoms with van der Waals surface area (Å²) in [7, 11) is 0. The van der Waals surface area contributed by atoms with E-state index in [9.17, 15) is 9.90 Å². The number of aryl methyl sites for hydroxylation is 3. The van der Waals surface area contributed by atoms with Crippen molar-refractivity contribution in [3.63, 3.8) is 0 Å². The van der Waals surface area contributed by atoms with Crippen molar-refractivity contribution >= 4 is 5.97 Å². The Balaban J connectivity index is 2.24. The third-order valence-corrected chi connectivity index (χ3v) is 3.33. The molecule has 1 aromatic carbocycles. The maximum Gasteiger partial charge on any atom is 0.358 e. The number of rotatable bonds is 7. The van der Waals surface area contributed by atoms with Crippen LogP contribution in [-0.4, -0.2) is 37.8 Å². The van der Waals surface area contributed by atoms with Crippen LogP contribution in [0.25, 0.3) is 0 Å². The molecule has 7 nitrogen and oxygen atoms in total. The fourth-order valence-electron chi connectivity index (χ4n) is 2.21. The Hall–Kier alpha value is -2.41. The Morgan fingerprint density at radius 1 is 1.32 bits per heavy atom. The van der Waals surface area contributed by atoms with Crippen molar-refractivity contribution in [1.29, 1.82) is 0 Å². The summed E-state index contributed by atoms with van der Waals surface area (Å²) in [6.07, 6.45) is 0.471. The van der Waals surface area contributed by atoms with Crippen LogP contribution >= 0.6 is 0 Å². The molecule has 0 spiro atoms. The van der Waals surface area contributed by atoms with Crippen LogP contribution in [0.4, 0.5) is 0 Å². The van der Waals surface area contributed by atoms with Gasteiger partial charge in [-0.05, 0) is 31.4 Å². The molecule has 118 valence electrons. The van der Waals surface area contributed by atoms with Crippen LogP contribution < -0.4 is 4.74 Å². The highest BCUT2D eigenvalue weighted by Crippen LogP contribution is 2.23. The molecular formula is C15H19N3O4. The van der Waals surface area contributed by atoms with Crippen LogP contribution in [0.5, 0.6) is 5.75 Å². The summed E-state index contributed by atoms with van der Waals surface area (Å²) in [6, 6.07) is 5.80. The van der Waals surface area contributed by atoms with Crippen LogP contribution in [0.3, 0.4) is 0 Å². The van der Waals surface area contributed by atoms with Gasteiger partial charge in [0, 0.05) is 13.2 Å². The van der Waals surface area contributed by atoms with Crippen molar-refractivity contribution in [1.82, 2.24) is 15.0 Å². The molecule has 0 fully saturated rings. The number of hydrogen-bond donors (Lipinski definition) is 2. The SMILES string of the molecule is Cc1cccc(C)c1OCc1c(C(=O)O)nnn1CCCO. The van der Waals surface area contributed by atoms with Crippen molar-refractivity contribution < 1.29 is 19.7 Å². The van der Waals surface area contributed by atoms with Crippen LogP contribution in [0.1, 0.15) is 33.7 Å². The Labute approximate surface area is 128 Å². The van der Waals surface area contributed by atoms with Crippen LogP contribution in [-0.2, 0) is 13.2 Å². The Kier molecular flexibility index (Phi) is 5.11. The van der Waals surface area contributed by atoms with Crippen LogP contribution in [0.15, 0.2) is 18.2 Å². The molecule has 0 amide bonds. The van der Waals surface area contributed by atoms with Crippen LogP contribution in [0.2, 0.25) is 0 Å². The van der Waals surface area contributed by atoms with E-state index >= 15 is 0 Å². The number of aliphatic hydroxyl groups is 1. The normalized spacial score (nSPS) is 10.7. The van der Waals surface area contributed by atoms with E-state index in [1.165, 1.54) is 4.68 Å². The number of carboxylic acid groups (broad SMARTS) is 1. The molecule has 0 unspecified atom stereocenters. The maximum atomic E-state index is 11.2. The molecule has 2 rings (SSSR count). The zero-order valence-electron chi connectivity index (χ0n) is 12.6. The second-order valence-corrected chi connectivity index (χ2v) is 5.00. The minimum absolute atomic E-state index is 0.000532. The molecule has 22 heavy (non-hydrogen) atoms. The van der Waals surface area contributed by atoms with E-state index in [0.717, 1.165) is 16.9 Å². The zero-order chi connectivity index (χ0) is 16.1. The number of nitrogens with zero attached hydrogens (tertiary/aromatic N) is 3. The summed E-state index contributed by atoms with van der Waals surface area (Å²) in [5.41, 5.74) is 2.23. The van der Waals surface area contributed by atoms with E-state index in [1.807, 2.05) is 32.0 Å². The predicted octanol–water partition coefficient (Wildman–Crippen LogP) is 1.55. The number of carbonyl (C=O) groups is 1. The summed E-state index contributed by atoms with van der Waals surface area (Å²) in [5, 5.41) is 25.6. The summed E-state index contributed by atoms with van der Waals surface area (Å²) in [5.74, 6) is -0.413. The van der Waals surface area contributed by atoms with E-state index in [-0.39, 0.29) is 18.9 Å². The average Bonchev–Trinajstić information content (AvgIpc) is 2.87. The highest BCUT2D eigenvalue weighted by molar-refractivity contribution is 5.86. The minimum atomic E-state index is -1.14. The van der Waals surface area contributed by atoms with E-state index in [0.29, 0.717) is 18.7 Å².